The molecule has 1 aromatic carbocycles. The molecule has 0 aliphatic carbocycles. The zero-order valence-electron chi connectivity index (χ0n) is 22.3. The molecule has 6 N–H and O–H groups in total. The highest BCUT2D eigenvalue weighted by Gasteiger charge is 2.29. The van der Waals surface area contributed by atoms with Crippen molar-refractivity contribution in [3.8, 4) is 0 Å². The van der Waals surface area contributed by atoms with Gasteiger partial charge in [-0.25, -0.2) is 0 Å². The molecule has 0 radical (unpaired) electrons. The number of nitrogens with one attached hydrogen (secondary N) is 5. The third-order valence-corrected chi connectivity index (χ3v) is 5.43. The number of aliphatic carboxylic acids is 1. The summed E-state index contributed by atoms with van der Waals surface area (Å²) in [6.45, 7) is 7.51. The second-order valence-corrected chi connectivity index (χ2v) is 9.17. The topological polar surface area (TPSA) is 226 Å². The van der Waals surface area contributed by atoms with Crippen LogP contribution >= 0.6 is 0 Å². The van der Waals surface area contributed by atoms with Gasteiger partial charge in [-0.3, -0.25) is 38.9 Å². The maximum atomic E-state index is 12.8. The van der Waals surface area contributed by atoms with Crippen LogP contribution in [-0.4, -0.2) is 69.7 Å². The number of hydrogen-bond donors (Lipinski definition) is 6. The van der Waals surface area contributed by atoms with Crippen LogP contribution in [0, 0.1) is 16.0 Å². The van der Waals surface area contributed by atoms with Gasteiger partial charge in [0.1, 0.15) is 24.2 Å². The van der Waals surface area contributed by atoms with Gasteiger partial charge in [-0.05, 0) is 38.8 Å². The molecule has 15 nitrogen and oxygen atoms in total. The molecule has 0 bridgehead atoms. The van der Waals surface area contributed by atoms with Gasteiger partial charge in [0.2, 0.25) is 29.5 Å². The SMILES string of the molecule is CC(C)[C@H](NC(=O)[C@@H](C)NC(=O)[C@H](C)NC(=O)CCC(=O)O)C(=O)N[C@H](C)C(=O)Nc1ccc([N+](=O)[O-])cc1. The number of anilines is 1. The number of carboxylic acids is 1. The van der Waals surface area contributed by atoms with Crippen LogP contribution in [0.25, 0.3) is 0 Å². The standard InChI is InChI=1S/C24H34N6O9/c1-12(2)20(24(37)27-14(4)22(35)28-16-6-8-17(9-7-16)30(38)39)29-23(36)15(5)26-21(34)13(3)25-18(31)10-11-19(32)33/h6-9,12-15,20H,10-11H2,1-5H3,(H,25,31)(H,26,34)(H,27,37)(H,28,35)(H,29,36)(H,32,33)/t13-,14+,15+,20-/m0/s1. The predicted molar refractivity (Wildman–Crippen MR) is 138 cm³/mol. The lowest BCUT2D eigenvalue weighted by Gasteiger charge is -2.26. The number of nitro benzene ring substituents is 1. The van der Waals surface area contributed by atoms with E-state index in [1.165, 1.54) is 45.0 Å². The normalized spacial score (nSPS) is 13.7. The first-order valence-corrected chi connectivity index (χ1v) is 12.1. The molecule has 1 rings (SSSR count). The molecule has 1 aromatic rings. The average molecular weight is 551 g/mol. The van der Waals surface area contributed by atoms with Gasteiger partial charge in [0, 0.05) is 24.2 Å². The van der Waals surface area contributed by atoms with Crippen molar-refractivity contribution in [1.29, 1.82) is 0 Å². The largest absolute Gasteiger partial charge is 0.481 e. The van der Waals surface area contributed by atoms with Crippen molar-refractivity contribution in [3.05, 3.63) is 34.4 Å². The van der Waals surface area contributed by atoms with Crippen LogP contribution in [0.2, 0.25) is 0 Å². The van der Waals surface area contributed by atoms with Gasteiger partial charge in [-0.1, -0.05) is 13.8 Å². The maximum absolute atomic E-state index is 12.8. The van der Waals surface area contributed by atoms with E-state index in [2.05, 4.69) is 26.6 Å². The Morgan fingerprint density at radius 1 is 0.744 bits per heavy atom. The number of hydrogen-bond acceptors (Lipinski definition) is 8. The van der Waals surface area contributed by atoms with Crippen molar-refractivity contribution in [1.82, 2.24) is 21.3 Å². The first kappa shape index (κ1) is 32.5. The Hall–Kier alpha value is -4.56. The first-order valence-electron chi connectivity index (χ1n) is 12.1. The fourth-order valence-electron chi connectivity index (χ4n) is 3.10. The van der Waals surface area contributed by atoms with Crippen molar-refractivity contribution >= 4 is 46.9 Å². The number of carbonyl (C=O) groups excluding carboxylic acids is 5. The molecule has 0 saturated carbocycles. The van der Waals surface area contributed by atoms with Gasteiger partial charge in [0.05, 0.1) is 11.3 Å². The smallest absolute Gasteiger partial charge is 0.303 e. The molecule has 4 atom stereocenters. The van der Waals surface area contributed by atoms with Gasteiger partial charge < -0.3 is 31.7 Å². The third-order valence-electron chi connectivity index (χ3n) is 5.43. The van der Waals surface area contributed by atoms with E-state index in [4.69, 9.17) is 5.11 Å². The highest BCUT2D eigenvalue weighted by molar-refractivity contribution is 5.99. The number of non-ortho nitro benzene ring substituents is 1. The molecule has 0 unspecified atom stereocenters. The van der Waals surface area contributed by atoms with Crippen molar-refractivity contribution in [3.63, 3.8) is 0 Å². The fourth-order valence-corrected chi connectivity index (χ4v) is 3.10. The second kappa shape index (κ2) is 15.0. The lowest BCUT2D eigenvalue weighted by Crippen LogP contribution is -2.58. The third kappa shape index (κ3) is 11.2. The Morgan fingerprint density at radius 2 is 1.23 bits per heavy atom. The fraction of sp³-hybridized carbons (Fsp3) is 0.500. The zero-order valence-corrected chi connectivity index (χ0v) is 22.3. The number of nitro groups is 1. The number of carbonyl (C=O) groups is 6. The molecule has 0 aromatic heterocycles. The van der Waals surface area contributed by atoms with Crippen LogP contribution in [0.3, 0.4) is 0 Å². The van der Waals surface area contributed by atoms with Crippen LogP contribution in [0.5, 0.6) is 0 Å². The molecule has 0 spiro atoms. The summed E-state index contributed by atoms with van der Waals surface area (Å²) < 4.78 is 0. The second-order valence-electron chi connectivity index (χ2n) is 9.17. The highest BCUT2D eigenvalue weighted by Crippen LogP contribution is 2.15. The minimum absolute atomic E-state index is 0.148. The maximum Gasteiger partial charge on any atom is 0.303 e. The quantitative estimate of drug-likeness (QED) is 0.136. The number of carboxylic acid groups (broad SMARTS) is 1. The number of amides is 5. The van der Waals surface area contributed by atoms with Crippen LogP contribution in [0.15, 0.2) is 24.3 Å². The van der Waals surface area contributed by atoms with Gasteiger partial charge in [0.25, 0.3) is 5.69 Å². The number of benzene rings is 1. The van der Waals surface area contributed by atoms with Crippen LogP contribution < -0.4 is 26.6 Å². The zero-order chi connectivity index (χ0) is 29.9. The molecule has 39 heavy (non-hydrogen) atoms. The summed E-state index contributed by atoms with van der Waals surface area (Å²) in [5, 5.41) is 31.7. The summed E-state index contributed by atoms with van der Waals surface area (Å²) in [5.41, 5.74) is 0.141. The van der Waals surface area contributed by atoms with Crippen LogP contribution in [0.1, 0.15) is 47.5 Å². The Bertz CT molecular complexity index is 1090. The van der Waals surface area contributed by atoms with E-state index in [0.29, 0.717) is 0 Å². The van der Waals surface area contributed by atoms with E-state index in [-0.39, 0.29) is 17.8 Å². The molecule has 0 heterocycles. The summed E-state index contributed by atoms with van der Waals surface area (Å²) in [6.07, 6.45) is -0.701. The average Bonchev–Trinajstić information content (AvgIpc) is 2.85. The summed E-state index contributed by atoms with van der Waals surface area (Å²) >= 11 is 0. The summed E-state index contributed by atoms with van der Waals surface area (Å²) in [7, 11) is 0. The monoisotopic (exact) mass is 550 g/mol. The minimum Gasteiger partial charge on any atom is -0.481 e. The molecule has 0 aliphatic heterocycles. The lowest BCUT2D eigenvalue weighted by atomic mass is 10.0. The molecule has 0 saturated heterocycles. The van der Waals surface area contributed by atoms with Crippen molar-refractivity contribution in [2.24, 2.45) is 5.92 Å². The molecule has 0 aliphatic rings. The molecule has 5 amide bonds. The molecular weight excluding hydrogens is 516 g/mol. The van der Waals surface area contributed by atoms with E-state index < -0.39 is 76.9 Å². The van der Waals surface area contributed by atoms with Crippen molar-refractivity contribution in [2.75, 3.05) is 5.32 Å². The highest BCUT2D eigenvalue weighted by atomic mass is 16.6. The number of rotatable bonds is 14. The Balaban J connectivity index is 2.67. The Morgan fingerprint density at radius 3 is 1.74 bits per heavy atom. The molecular formula is C24H34N6O9. The first-order chi connectivity index (χ1) is 18.1. The van der Waals surface area contributed by atoms with Crippen molar-refractivity contribution < 1.29 is 38.8 Å². The van der Waals surface area contributed by atoms with E-state index in [1.54, 1.807) is 13.8 Å². The van der Waals surface area contributed by atoms with Gasteiger partial charge in [-0.15, -0.1) is 0 Å². The van der Waals surface area contributed by atoms with Gasteiger partial charge in [-0.2, -0.15) is 0 Å². The number of nitrogens with zero attached hydrogens (tertiary/aromatic N) is 1. The molecule has 214 valence electrons. The van der Waals surface area contributed by atoms with E-state index in [9.17, 15) is 38.9 Å². The van der Waals surface area contributed by atoms with Gasteiger partial charge >= 0.3 is 5.97 Å². The summed E-state index contributed by atoms with van der Waals surface area (Å²) in [5.74, 6) is -4.81. The molecule has 0 fully saturated rings. The Kier molecular flexibility index (Phi) is 12.5. The van der Waals surface area contributed by atoms with Crippen LogP contribution in [-0.2, 0) is 28.8 Å². The lowest BCUT2D eigenvalue weighted by molar-refractivity contribution is -0.384. The summed E-state index contributed by atoms with van der Waals surface area (Å²) in [4.78, 5) is 82.8. The van der Waals surface area contributed by atoms with Gasteiger partial charge in [0.15, 0.2) is 0 Å². The van der Waals surface area contributed by atoms with Crippen molar-refractivity contribution in [2.45, 2.75) is 71.6 Å². The Labute approximate surface area is 224 Å². The van der Waals surface area contributed by atoms with E-state index in [0.717, 1.165) is 0 Å². The van der Waals surface area contributed by atoms with E-state index in [1.807, 2.05) is 0 Å². The molecule has 15 heteroatoms. The van der Waals surface area contributed by atoms with E-state index >= 15 is 0 Å². The summed E-state index contributed by atoms with van der Waals surface area (Å²) in [6, 6.07) is 0.926. The van der Waals surface area contributed by atoms with Crippen LogP contribution in [0.4, 0.5) is 11.4 Å². The predicted octanol–water partition coefficient (Wildman–Crippen LogP) is 0.0530. The minimum atomic E-state index is -1.16.